The Labute approximate surface area is 130 Å². The number of anilines is 1. The first-order chi connectivity index (χ1) is 10.1. The molecule has 0 spiro atoms. The van der Waals surface area contributed by atoms with Crippen LogP contribution in [0.15, 0.2) is 12.1 Å². The van der Waals surface area contributed by atoms with Crippen molar-refractivity contribution in [3.63, 3.8) is 0 Å². The molecule has 7 heteroatoms. The number of esters is 1. The molecule has 22 heavy (non-hydrogen) atoms. The fourth-order valence-electron chi connectivity index (χ4n) is 2.15. The molecular formula is C15H21BFNO4. The maximum absolute atomic E-state index is 14.5. The predicted octanol–water partition coefficient (Wildman–Crippen LogP) is 1.88. The van der Waals surface area contributed by atoms with Crippen LogP contribution in [0.5, 0.6) is 0 Å². The molecule has 2 rings (SSSR count). The maximum Gasteiger partial charge on any atom is 0.497 e. The molecule has 5 nitrogen and oxygen atoms in total. The Morgan fingerprint density at radius 3 is 2.32 bits per heavy atom. The number of rotatable bonds is 3. The van der Waals surface area contributed by atoms with Gasteiger partial charge in [-0.15, -0.1) is 0 Å². The summed E-state index contributed by atoms with van der Waals surface area (Å²) in [6.07, 6.45) is 0. The average Bonchev–Trinajstić information content (AvgIpc) is 2.61. The number of nitrogens with two attached hydrogens (primary N) is 1. The van der Waals surface area contributed by atoms with Crippen LogP contribution in [0.3, 0.4) is 0 Å². The molecule has 0 radical (unpaired) electrons. The third kappa shape index (κ3) is 2.70. The van der Waals surface area contributed by atoms with Crippen LogP contribution < -0.4 is 11.2 Å². The van der Waals surface area contributed by atoms with Gasteiger partial charge >= 0.3 is 13.1 Å². The van der Waals surface area contributed by atoms with Crippen molar-refractivity contribution in [3.8, 4) is 0 Å². The van der Waals surface area contributed by atoms with Crippen molar-refractivity contribution in [1.82, 2.24) is 0 Å². The molecule has 1 heterocycles. The van der Waals surface area contributed by atoms with Gasteiger partial charge < -0.3 is 19.8 Å². The number of halogens is 1. The Balaban J connectivity index is 2.36. The van der Waals surface area contributed by atoms with E-state index in [1.165, 1.54) is 12.1 Å². The monoisotopic (exact) mass is 309 g/mol. The summed E-state index contributed by atoms with van der Waals surface area (Å²) in [4.78, 5) is 11.7. The first-order valence-electron chi connectivity index (χ1n) is 7.21. The van der Waals surface area contributed by atoms with Crippen LogP contribution in [-0.4, -0.2) is 30.9 Å². The smallest absolute Gasteiger partial charge is 0.462 e. The van der Waals surface area contributed by atoms with Crippen molar-refractivity contribution < 1.29 is 23.2 Å². The SMILES string of the molecule is CCOC(=O)c1ccc(B2OC(C)(C)C(C)(C)O2)c(F)c1N. The maximum atomic E-state index is 14.5. The highest BCUT2D eigenvalue weighted by Crippen LogP contribution is 2.37. The van der Waals surface area contributed by atoms with Gasteiger partial charge in [0, 0.05) is 5.46 Å². The van der Waals surface area contributed by atoms with Crippen LogP contribution in [0.1, 0.15) is 45.0 Å². The van der Waals surface area contributed by atoms with Gasteiger partial charge in [-0.2, -0.15) is 0 Å². The second kappa shape index (κ2) is 5.55. The van der Waals surface area contributed by atoms with Crippen LogP contribution >= 0.6 is 0 Å². The average molecular weight is 309 g/mol. The summed E-state index contributed by atoms with van der Waals surface area (Å²) in [5.41, 5.74) is 4.47. The largest absolute Gasteiger partial charge is 0.497 e. The van der Waals surface area contributed by atoms with Gasteiger partial charge in [-0.3, -0.25) is 0 Å². The Morgan fingerprint density at radius 1 is 1.27 bits per heavy atom. The van der Waals surface area contributed by atoms with Crippen molar-refractivity contribution in [2.45, 2.75) is 45.8 Å². The van der Waals surface area contributed by atoms with Crippen LogP contribution in [0.25, 0.3) is 0 Å². The second-order valence-electron chi connectivity index (χ2n) is 6.24. The van der Waals surface area contributed by atoms with E-state index in [0.717, 1.165) is 0 Å². The molecule has 0 aromatic heterocycles. The normalized spacial score (nSPS) is 19.3. The van der Waals surface area contributed by atoms with Crippen molar-refractivity contribution in [2.24, 2.45) is 0 Å². The molecule has 0 saturated carbocycles. The molecule has 0 atom stereocenters. The lowest BCUT2D eigenvalue weighted by molar-refractivity contribution is 0.00578. The molecule has 2 N–H and O–H groups in total. The molecule has 1 saturated heterocycles. The molecule has 0 aliphatic carbocycles. The standard InChI is InChI=1S/C15H21BFNO4/c1-6-20-13(19)9-7-8-10(11(17)12(9)18)16-21-14(2,3)15(4,5)22-16/h7-8H,6,18H2,1-5H3. The molecule has 1 fully saturated rings. The van der Waals surface area contributed by atoms with E-state index in [1.54, 1.807) is 6.92 Å². The Kier molecular flexibility index (Phi) is 4.23. The highest BCUT2D eigenvalue weighted by Gasteiger charge is 2.52. The summed E-state index contributed by atoms with van der Waals surface area (Å²) in [5.74, 6) is -1.37. The Bertz CT molecular complexity index is 587. The zero-order chi connectivity index (χ0) is 16.7. The fourth-order valence-corrected chi connectivity index (χ4v) is 2.15. The summed E-state index contributed by atoms with van der Waals surface area (Å²) in [6.45, 7) is 9.37. The zero-order valence-corrected chi connectivity index (χ0v) is 13.5. The van der Waals surface area contributed by atoms with Crippen LogP contribution in [0.4, 0.5) is 10.1 Å². The van der Waals surface area contributed by atoms with Gasteiger partial charge in [-0.05, 0) is 40.7 Å². The van der Waals surface area contributed by atoms with Gasteiger partial charge in [0.25, 0.3) is 0 Å². The lowest BCUT2D eigenvalue weighted by Crippen LogP contribution is -2.41. The lowest BCUT2D eigenvalue weighted by atomic mass is 9.78. The predicted molar refractivity (Wildman–Crippen MR) is 82.5 cm³/mol. The number of ether oxygens (including phenoxy) is 1. The summed E-state index contributed by atoms with van der Waals surface area (Å²) in [6, 6.07) is 2.87. The first kappa shape index (κ1) is 16.8. The fraction of sp³-hybridized carbons (Fsp3) is 0.533. The molecule has 0 bridgehead atoms. The molecule has 1 aromatic rings. The van der Waals surface area contributed by atoms with Crippen molar-refractivity contribution in [3.05, 3.63) is 23.5 Å². The van der Waals surface area contributed by atoms with E-state index in [-0.39, 0.29) is 23.3 Å². The molecule has 1 aliphatic heterocycles. The van der Waals surface area contributed by atoms with E-state index in [0.29, 0.717) is 0 Å². The lowest BCUT2D eigenvalue weighted by Gasteiger charge is -2.32. The quantitative estimate of drug-likeness (QED) is 0.524. The number of nitrogen functional groups attached to an aromatic ring is 1. The topological polar surface area (TPSA) is 70.8 Å². The number of hydrogen-bond acceptors (Lipinski definition) is 5. The van der Waals surface area contributed by atoms with Gasteiger partial charge in [0.05, 0.1) is 29.1 Å². The van der Waals surface area contributed by atoms with E-state index in [9.17, 15) is 9.18 Å². The third-order valence-corrected chi connectivity index (χ3v) is 4.21. The number of hydrogen-bond donors (Lipinski definition) is 1. The molecule has 0 amide bonds. The van der Waals surface area contributed by atoms with E-state index < -0.39 is 30.1 Å². The van der Waals surface area contributed by atoms with Crippen LogP contribution in [0.2, 0.25) is 0 Å². The minimum Gasteiger partial charge on any atom is -0.462 e. The number of carbonyl (C=O) groups is 1. The first-order valence-corrected chi connectivity index (χ1v) is 7.21. The highest BCUT2D eigenvalue weighted by atomic mass is 19.1. The van der Waals surface area contributed by atoms with Crippen molar-refractivity contribution >= 4 is 24.2 Å². The van der Waals surface area contributed by atoms with Crippen LogP contribution in [-0.2, 0) is 14.0 Å². The van der Waals surface area contributed by atoms with Crippen molar-refractivity contribution in [2.75, 3.05) is 12.3 Å². The summed E-state index contributed by atoms with van der Waals surface area (Å²) < 4.78 is 31.0. The van der Waals surface area contributed by atoms with Gasteiger partial charge in [0.2, 0.25) is 0 Å². The van der Waals surface area contributed by atoms with E-state index in [2.05, 4.69) is 0 Å². The second-order valence-corrected chi connectivity index (χ2v) is 6.24. The van der Waals surface area contributed by atoms with Gasteiger partial charge in [-0.25, -0.2) is 9.18 Å². The van der Waals surface area contributed by atoms with Crippen LogP contribution in [0, 0.1) is 5.82 Å². The van der Waals surface area contributed by atoms with Gasteiger partial charge in [-0.1, -0.05) is 6.07 Å². The Hall–Kier alpha value is -1.60. The molecule has 1 aliphatic rings. The molecular weight excluding hydrogens is 288 g/mol. The Morgan fingerprint density at radius 2 is 1.82 bits per heavy atom. The summed E-state index contributed by atoms with van der Waals surface area (Å²) in [5, 5.41) is 0. The van der Waals surface area contributed by atoms with E-state index >= 15 is 0 Å². The summed E-state index contributed by atoms with van der Waals surface area (Å²) >= 11 is 0. The minimum atomic E-state index is -0.872. The molecule has 120 valence electrons. The van der Waals surface area contributed by atoms with Gasteiger partial charge in [0.15, 0.2) is 0 Å². The highest BCUT2D eigenvalue weighted by molar-refractivity contribution is 6.62. The van der Waals surface area contributed by atoms with E-state index in [1.807, 2.05) is 27.7 Å². The molecule has 0 unspecified atom stereocenters. The van der Waals surface area contributed by atoms with Crippen molar-refractivity contribution in [1.29, 1.82) is 0 Å². The zero-order valence-electron chi connectivity index (χ0n) is 13.5. The van der Waals surface area contributed by atoms with E-state index in [4.69, 9.17) is 19.8 Å². The summed E-state index contributed by atoms with van der Waals surface area (Å²) in [7, 11) is -0.872. The number of carbonyl (C=O) groups excluding carboxylic acids is 1. The third-order valence-electron chi connectivity index (χ3n) is 4.21. The minimum absolute atomic E-state index is 0.000354. The molecule has 1 aromatic carbocycles. The number of benzene rings is 1. The van der Waals surface area contributed by atoms with Gasteiger partial charge in [0.1, 0.15) is 5.82 Å².